The van der Waals surface area contributed by atoms with Gasteiger partial charge in [-0.15, -0.1) is 0 Å². The number of fused-ring (bicyclic) bond motifs is 1. The lowest BCUT2D eigenvalue weighted by Gasteiger charge is -2.42. The van der Waals surface area contributed by atoms with Crippen molar-refractivity contribution in [3.05, 3.63) is 42.0 Å². The third-order valence-corrected chi connectivity index (χ3v) is 7.14. The lowest BCUT2D eigenvalue weighted by Crippen LogP contribution is -2.56. The smallest absolute Gasteiger partial charge is 0.327 e. The van der Waals surface area contributed by atoms with E-state index < -0.39 is 5.54 Å². The molecule has 0 atom stereocenters. The molecule has 0 saturated carbocycles. The number of nitrogens with zero attached hydrogens (tertiary/aromatic N) is 3. The summed E-state index contributed by atoms with van der Waals surface area (Å²) in [6.45, 7) is 9.74. The van der Waals surface area contributed by atoms with Crippen molar-refractivity contribution in [3.63, 3.8) is 0 Å². The van der Waals surface area contributed by atoms with Crippen molar-refractivity contribution in [1.29, 1.82) is 0 Å². The highest BCUT2D eigenvalue weighted by atomic mass is 16.5. The SMILES string of the molecule is CCN1C(=O)N(CCC(C)C)C2(CCN(Cc3ccc(OC)c4ccccc34)CC2)C1=O. The van der Waals surface area contributed by atoms with Gasteiger partial charge in [-0.05, 0) is 49.1 Å². The average Bonchev–Trinajstić information content (AvgIpc) is 2.99. The zero-order chi connectivity index (χ0) is 22.9. The molecular formula is C26H35N3O3. The molecule has 1 spiro atoms. The maximum Gasteiger partial charge on any atom is 0.327 e. The fourth-order valence-corrected chi connectivity index (χ4v) is 5.21. The van der Waals surface area contributed by atoms with Crippen LogP contribution in [-0.2, 0) is 11.3 Å². The second-order valence-corrected chi connectivity index (χ2v) is 9.45. The van der Waals surface area contributed by atoms with E-state index in [1.54, 1.807) is 7.11 Å². The summed E-state index contributed by atoms with van der Waals surface area (Å²) in [7, 11) is 1.70. The number of carbonyl (C=O) groups excluding carboxylic acids is 2. The number of amides is 3. The Hall–Kier alpha value is -2.60. The number of urea groups is 1. The predicted octanol–water partition coefficient (Wildman–Crippen LogP) is 4.51. The maximum absolute atomic E-state index is 13.3. The van der Waals surface area contributed by atoms with Crippen molar-refractivity contribution >= 4 is 22.7 Å². The Kier molecular flexibility index (Phi) is 6.42. The average molecular weight is 438 g/mol. The Morgan fingerprint density at radius 1 is 1.03 bits per heavy atom. The van der Waals surface area contributed by atoms with Crippen LogP contribution < -0.4 is 4.74 Å². The molecule has 6 heteroatoms. The van der Waals surface area contributed by atoms with Crippen molar-refractivity contribution in [2.75, 3.05) is 33.3 Å². The van der Waals surface area contributed by atoms with E-state index in [9.17, 15) is 9.59 Å². The Bertz CT molecular complexity index is 995. The number of benzene rings is 2. The minimum atomic E-state index is -0.666. The number of carbonyl (C=O) groups is 2. The second-order valence-electron chi connectivity index (χ2n) is 9.45. The van der Waals surface area contributed by atoms with Crippen LogP contribution in [0.3, 0.4) is 0 Å². The first-order chi connectivity index (χ1) is 15.4. The second kappa shape index (κ2) is 9.10. The molecule has 2 aromatic carbocycles. The molecule has 6 nitrogen and oxygen atoms in total. The molecule has 0 aromatic heterocycles. The largest absolute Gasteiger partial charge is 0.496 e. The topological polar surface area (TPSA) is 53.1 Å². The van der Waals surface area contributed by atoms with Crippen molar-refractivity contribution in [2.24, 2.45) is 5.92 Å². The first kappa shape index (κ1) is 22.6. The number of piperidine rings is 1. The lowest BCUT2D eigenvalue weighted by atomic mass is 9.85. The predicted molar refractivity (Wildman–Crippen MR) is 127 cm³/mol. The summed E-state index contributed by atoms with van der Waals surface area (Å²) in [6, 6.07) is 12.4. The summed E-state index contributed by atoms with van der Waals surface area (Å²) in [5.74, 6) is 1.38. The highest BCUT2D eigenvalue weighted by Crippen LogP contribution is 2.38. The van der Waals surface area contributed by atoms with Gasteiger partial charge in [0.05, 0.1) is 7.11 Å². The van der Waals surface area contributed by atoms with E-state index in [2.05, 4.69) is 43.0 Å². The maximum atomic E-state index is 13.3. The van der Waals surface area contributed by atoms with Gasteiger partial charge in [-0.25, -0.2) is 4.79 Å². The van der Waals surface area contributed by atoms with E-state index in [1.165, 1.54) is 15.8 Å². The van der Waals surface area contributed by atoms with Gasteiger partial charge in [-0.2, -0.15) is 0 Å². The summed E-state index contributed by atoms with van der Waals surface area (Å²) in [5.41, 5.74) is 0.596. The molecule has 2 heterocycles. The molecular weight excluding hydrogens is 402 g/mol. The third kappa shape index (κ3) is 3.85. The highest BCUT2D eigenvalue weighted by Gasteiger charge is 2.57. The summed E-state index contributed by atoms with van der Waals surface area (Å²) < 4.78 is 5.54. The molecule has 2 aromatic rings. The van der Waals surface area contributed by atoms with Crippen molar-refractivity contribution < 1.29 is 14.3 Å². The van der Waals surface area contributed by atoms with Crippen LogP contribution in [0.15, 0.2) is 36.4 Å². The van der Waals surface area contributed by atoms with Crippen LogP contribution in [-0.4, -0.2) is 65.5 Å². The molecule has 0 N–H and O–H groups in total. The zero-order valence-electron chi connectivity index (χ0n) is 19.8. The Morgan fingerprint density at radius 2 is 1.72 bits per heavy atom. The van der Waals surface area contributed by atoms with Gasteiger partial charge in [-0.3, -0.25) is 14.6 Å². The third-order valence-electron chi connectivity index (χ3n) is 7.14. The quantitative estimate of drug-likeness (QED) is 0.598. The standard InChI is InChI=1S/C26H35N3O3/c1-5-28-24(30)26(29(25(28)31)15-12-19(2)3)13-16-27(17-14-26)18-20-10-11-23(32-4)22-9-7-6-8-21(20)22/h6-11,19H,5,12-18H2,1-4H3. The molecule has 2 aliphatic rings. The van der Waals surface area contributed by atoms with Crippen LogP contribution in [0.4, 0.5) is 4.79 Å². The van der Waals surface area contributed by atoms with Crippen molar-refractivity contribution in [1.82, 2.24) is 14.7 Å². The molecule has 172 valence electrons. The Labute approximate surface area is 191 Å². The first-order valence-corrected chi connectivity index (χ1v) is 11.8. The molecule has 0 bridgehead atoms. The lowest BCUT2D eigenvalue weighted by molar-refractivity contribution is -0.135. The van der Waals surface area contributed by atoms with Gasteiger partial charge in [-0.1, -0.05) is 44.2 Å². The number of hydrogen-bond donors (Lipinski definition) is 0. The molecule has 4 rings (SSSR count). The van der Waals surface area contributed by atoms with Crippen LogP contribution in [0.25, 0.3) is 10.8 Å². The van der Waals surface area contributed by atoms with Crippen LogP contribution in [0.1, 0.15) is 45.6 Å². The van der Waals surface area contributed by atoms with Gasteiger partial charge in [0.15, 0.2) is 0 Å². The minimum absolute atomic E-state index is 0.00306. The van der Waals surface area contributed by atoms with E-state index >= 15 is 0 Å². The van der Waals surface area contributed by atoms with Gasteiger partial charge in [0.2, 0.25) is 0 Å². The van der Waals surface area contributed by atoms with Gasteiger partial charge >= 0.3 is 6.03 Å². The normalized spacial score (nSPS) is 19.0. The molecule has 3 amide bonds. The number of imide groups is 1. The molecule has 0 unspecified atom stereocenters. The number of rotatable bonds is 7. The van der Waals surface area contributed by atoms with Gasteiger partial charge < -0.3 is 9.64 Å². The molecule has 32 heavy (non-hydrogen) atoms. The minimum Gasteiger partial charge on any atom is -0.496 e. The fraction of sp³-hybridized carbons (Fsp3) is 0.538. The summed E-state index contributed by atoms with van der Waals surface area (Å²) in [6.07, 6.45) is 2.31. The fourth-order valence-electron chi connectivity index (χ4n) is 5.21. The van der Waals surface area contributed by atoms with Crippen LogP contribution in [0.5, 0.6) is 5.75 Å². The zero-order valence-corrected chi connectivity index (χ0v) is 19.8. The Morgan fingerprint density at radius 3 is 2.34 bits per heavy atom. The monoisotopic (exact) mass is 437 g/mol. The van der Waals surface area contributed by atoms with E-state index in [1.807, 2.05) is 24.0 Å². The van der Waals surface area contributed by atoms with Crippen molar-refractivity contribution in [2.45, 2.75) is 52.1 Å². The molecule has 0 radical (unpaired) electrons. The molecule has 0 aliphatic carbocycles. The van der Waals surface area contributed by atoms with E-state index in [0.29, 0.717) is 31.8 Å². The Balaban J connectivity index is 1.52. The van der Waals surface area contributed by atoms with E-state index in [0.717, 1.165) is 37.2 Å². The summed E-state index contributed by atoms with van der Waals surface area (Å²) in [5, 5.41) is 2.32. The number of hydrogen-bond acceptors (Lipinski definition) is 4. The summed E-state index contributed by atoms with van der Waals surface area (Å²) in [4.78, 5) is 32.1. The van der Waals surface area contributed by atoms with Crippen molar-refractivity contribution in [3.8, 4) is 5.75 Å². The number of likely N-dealkylation sites (tertiary alicyclic amines) is 1. The first-order valence-electron chi connectivity index (χ1n) is 11.8. The van der Waals surface area contributed by atoms with Gasteiger partial charge in [0.25, 0.3) is 5.91 Å². The van der Waals surface area contributed by atoms with Crippen LogP contribution >= 0.6 is 0 Å². The van der Waals surface area contributed by atoms with E-state index in [4.69, 9.17) is 4.74 Å². The van der Waals surface area contributed by atoms with Crippen LogP contribution in [0.2, 0.25) is 0 Å². The number of likely N-dealkylation sites (N-methyl/N-ethyl adjacent to an activating group) is 1. The molecule has 2 saturated heterocycles. The molecule has 2 aliphatic heterocycles. The number of methoxy groups -OCH3 is 1. The van der Waals surface area contributed by atoms with Gasteiger partial charge in [0, 0.05) is 38.1 Å². The highest BCUT2D eigenvalue weighted by molar-refractivity contribution is 6.07. The van der Waals surface area contributed by atoms with Gasteiger partial charge in [0.1, 0.15) is 11.3 Å². The van der Waals surface area contributed by atoms with Crippen LogP contribution in [0, 0.1) is 5.92 Å². The summed E-state index contributed by atoms with van der Waals surface area (Å²) >= 11 is 0. The number of ether oxygens (including phenoxy) is 1. The molecule has 2 fully saturated rings. The van der Waals surface area contributed by atoms with E-state index in [-0.39, 0.29) is 11.9 Å².